The van der Waals surface area contributed by atoms with E-state index >= 15 is 0 Å². The van der Waals surface area contributed by atoms with Gasteiger partial charge in [0, 0.05) is 43.4 Å². The van der Waals surface area contributed by atoms with Crippen LogP contribution in [-0.2, 0) is 22.6 Å². The maximum absolute atomic E-state index is 14.5. The predicted octanol–water partition coefficient (Wildman–Crippen LogP) is 3.31. The molecule has 0 bridgehead atoms. The number of carbonyl (C=O) groups excluding carboxylic acids is 2. The SMILES string of the molecule is COc1ccc(CC2(CCC(=O)NCc3cccc(-n4cccn4)c3)CCC(=O)N2)c(F)c1. The van der Waals surface area contributed by atoms with Crippen LogP contribution in [0.4, 0.5) is 4.39 Å². The summed E-state index contributed by atoms with van der Waals surface area (Å²) in [6, 6.07) is 14.3. The Morgan fingerprint density at radius 2 is 2.15 bits per heavy atom. The summed E-state index contributed by atoms with van der Waals surface area (Å²) in [5.41, 5.74) is 1.74. The first kappa shape index (κ1) is 22.5. The van der Waals surface area contributed by atoms with E-state index in [1.165, 1.54) is 13.2 Å². The minimum Gasteiger partial charge on any atom is -0.497 e. The van der Waals surface area contributed by atoms with E-state index in [0.29, 0.717) is 43.5 Å². The summed E-state index contributed by atoms with van der Waals surface area (Å²) in [6.07, 6.45) is 5.51. The standard InChI is InChI=1S/C25H27FN4O3/c1-33-21-7-6-19(22(26)15-21)16-25(11-9-24(32)29-25)10-8-23(31)27-17-18-4-2-5-20(14-18)30-13-3-12-28-30/h2-7,12-15H,8-11,16-17H2,1H3,(H,27,31)(H,29,32). The second-order valence-electron chi connectivity index (χ2n) is 8.36. The van der Waals surface area contributed by atoms with Gasteiger partial charge in [-0.2, -0.15) is 5.10 Å². The second kappa shape index (κ2) is 9.85. The van der Waals surface area contributed by atoms with E-state index in [0.717, 1.165) is 11.3 Å². The number of benzene rings is 2. The lowest BCUT2D eigenvalue weighted by Crippen LogP contribution is -2.44. The Hall–Kier alpha value is -3.68. The average molecular weight is 451 g/mol. The number of nitrogens with one attached hydrogen (secondary N) is 2. The molecule has 1 aliphatic rings. The number of aromatic nitrogens is 2. The van der Waals surface area contributed by atoms with Crippen LogP contribution in [0.2, 0.25) is 0 Å². The van der Waals surface area contributed by atoms with Crippen molar-refractivity contribution in [3.8, 4) is 11.4 Å². The van der Waals surface area contributed by atoms with E-state index < -0.39 is 5.54 Å². The maximum Gasteiger partial charge on any atom is 0.220 e. The van der Waals surface area contributed by atoms with Crippen molar-refractivity contribution in [3.05, 3.63) is 77.9 Å². The first-order chi connectivity index (χ1) is 16.0. The summed E-state index contributed by atoms with van der Waals surface area (Å²) in [4.78, 5) is 24.6. The molecule has 1 unspecified atom stereocenters. The molecule has 3 aromatic rings. The first-order valence-corrected chi connectivity index (χ1v) is 11.0. The highest BCUT2D eigenvalue weighted by molar-refractivity contribution is 5.80. The van der Waals surface area contributed by atoms with Gasteiger partial charge in [-0.05, 0) is 54.7 Å². The third kappa shape index (κ3) is 5.58. The molecule has 0 spiro atoms. The minimum absolute atomic E-state index is 0.0697. The van der Waals surface area contributed by atoms with Crippen molar-refractivity contribution in [1.82, 2.24) is 20.4 Å². The molecule has 1 fully saturated rings. The van der Waals surface area contributed by atoms with Crippen LogP contribution >= 0.6 is 0 Å². The van der Waals surface area contributed by atoms with E-state index in [4.69, 9.17) is 4.74 Å². The largest absolute Gasteiger partial charge is 0.497 e. The van der Waals surface area contributed by atoms with Crippen molar-refractivity contribution in [2.75, 3.05) is 7.11 Å². The van der Waals surface area contributed by atoms with Gasteiger partial charge in [-0.15, -0.1) is 0 Å². The molecule has 2 N–H and O–H groups in total. The lowest BCUT2D eigenvalue weighted by atomic mass is 9.84. The van der Waals surface area contributed by atoms with Gasteiger partial charge in [-0.1, -0.05) is 18.2 Å². The van der Waals surface area contributed by atoms with E-state index in [-0.39, 0.29) is 24.1 Å². The van der Waals surface area contributed by atoms with Crippen LogP contribution in [0.1, 0.15) is 36.8 Å². The van der Waals surface area contributed by atoms with Gasteiger partial charge in [0.2, 0.25) is 11.8 Å². The first-order valence-electron chi connectivity index (χ1n) is 11.0. The molecule has 33 heavy (non-hydrogen) atoms. The normalized spacial score (nSPS) is 17.6. The molecule has 2 heterocycles. The minimum atomic E-state index is -0.635. The van der Waals surface area contributed by atoms with E-state index in [2.05, 4.69) is 15.7 Å². The number of carbonyl (C=O) groups is 2. The molecule has 172 valence electrons. The Kier molecular flexibility index (Phi) is 6.72. The van der Waals surface area contributed by atoms with E-state index in [1.54, 1.807) is 23.0 Å². The lowest BCUT2D eigenvalue weighted by Gasteiger charge is -2.29. The topological polar surface area (TPSA) is 85.2 Å². The number of nitrogens with zero attached hydrogens (tertiary/aromatic N) is 2. The summed E-state index contributed by atoms with van der Waals surface area (Å²) < 4.78 is 21.3. The van der Waals surface area contributed by atoms with Crippen molar-refractivity contribution >= 4 is 11.8 Å². The van der Waals surface area contributed by atoms with Gasteiger partial charge in [0.15, 0.2) is 0 Å². The number of rotatable bonds is 9. The Bertz CT molecular complexity index is 1130. The zero-order chi connectivity index (χ0) is 23.3. The highest BCUT2D eigenvalue weighted by Crippen LogP contribution is 2.31. The molecule has 0 radical (unpaired) electrons. The molecule has 2 aromatic carbocycles. The fraction of sp³-hybridized carbons (Fsp3) is 0.320. The van der Waals surface area contributed by atoms with Crippen molar-refractivity contribution in [2.45, 2.75) is 44.2 Å². The van der Waals surface area contributed by atoms with Crippen LogP contribution in [0.25, 0.3) is 5.69 Å². The fourth-order valence-electron chi connectivity index (χ4n) is 4.22. The van der Waals surface area contributed by atoms with Gasteiger partial charge in [-0.25, -0.2) is 9.07 Å². The predicted molar refractivity (Wildman–Crippen MR) is 121 cm³/mol. The Labute approximate surface area is 191 Å². The number of methoxy groups -OCH3 is 1. The van der Waals surface area contributed by atoms with Crippen LogP contribution in [0.15, 0.2) is 60.9 Å². The van der Waals surface area contributed by atoms with Crippen LogP contribution in [0.3, 0.4) is 0 Å². The van der Waals surface area contributed by atoms with Gasteiger partial charge in [0.05, 0.1) is 12.8 Å². The van der Waals surface area contributed by atoms with Gasteiger partial charge in [0.1, 0.15) is 11.6 Å². The van der Waals surface area contributed by atoms with E-state index in [1.807, 2.05) is 36.5 Å². The molecule has 4 rings (SSSR count). The molecular formula is C25H27FN4O3. The number of ether oxygens (including phenoxy) is 1. The summed E-state index contributed by atoms with van der Waals surface area (Å²) in [5.74, 6) is -0.122. The second-order valence-corrected chi connectivity index (χ2v) is 8.36. The molecule has 0 saturated carbocycles. The molecule has 1 aromatic heterocycles. The Balaban J connectivity index is 1.36. The quantitative estimate of drug-likeness (QED) is 0.524. The monoisotopic (exact) mass is 450 g/mol. The average Bonchev–Trinajstić information content (AvgIpc) is 3.48. The molecule has 1 aliphatic heterocycles. The number of hydrogen-bond acceptors (Lipinski definition) is 4. The van der Waals surface area contributed by atoms with Gasteiger partial charge in [0.25, 0.3) is 0 Å². The number of hydrogen-bond donors (Lipinski definition) is 2. The van der Waals surface area contributed by atoms with Crippen molar-refractivity contribution in [3.63, 3.8) is 0 Å². The zero-order valence-electron chi connectivity index (χ0n) is 18.5. The summed E-state index contributed by atoms with van der Waals surface area (Å²) in [6.45, 7) is 0.389. The molecule has 7 nitrogen and oxygen atoms in total. The van der Waals surface area contributed by atoms with Crippen LogP contribution in [0.5, 0.6) is 5.75 Å². The molecule has 0 aliphatic carbocycles. The molecule has 1 saturated heterocycles. The molecule has 8 heteroatoms. The fourth-order valence-corrected chi connectivity index (χ4v) is 4.22. The van der Waals surface area contributed by atoms with E-state index in [9.17, 15) is 14.0 Å². The number of amides is 2. The maximum atomic E-state index is 14.5. The van der Waals surface area contributed by atoms with Crippen LogP contribution in [0, 0.1) is 5.82 Å². The Morgan fingerprint density at radius 1 is 1.27 bits per heavy atom. The van der Waals surface area contributed by atoms with Crippen molar-refractivity contribution in [1.29, 1.82) is 0 Å². The van der Waals surface area contributed by atoms with Gasteiger partial charge >= 0.3 is 0 Å². The third-order valence-electron chi connectivity index (χ3n) is 6.02. The molecule has 2 amide bonds. The highest BCUT2D eigenvalue weighted by atomic mass is 19.1. The van der Waals surface area contributed by atoms with Crippen molar-refractivity contribution < 1.29 is 18.7 Å². The summed E-state index contributed by atoms with van der Waals surface area (Å²) in [5, 5.41) is 10.2. The smallest absolute Gasteiger partial charge is 0.220 e. The summed E-state index contributed by atoms with van der Waals surface area (Å²) >= 11 is 0. The van der Waals surface area contributed by atoms with Gasteiger partial charge < -0.3 is 15.4 Å². The molecule has 1 atom stereocenters. The zero-order valence-corrected chi connectivity index (χ0v) is 18.5. The van der Waals surface area contributed by atoms with Crippen LogP contribution in [-0.4, -0.2) is 34.2 Å². The van der Waals surface area contributed by atoms with Gasteiger partial charge in [-0.3, -0.25) is 9.59 Å². The van der Waals surface area contributed by atoms with Crippen LogP contribution < -0.4 is 15.4 Å². The third-order valence-corrected chi connectivity index (χ3v) is 6.02. The highest BCUT2D eigenvalue weighted by Gasteiger charge is 2.38. The Morgan fingerprint density at radius 3 is 2.85 bits per heavy atom. The lowest BCUT2D eigenvalue weighted by molar-refractivity contribution is -0.122. The summed E-state index contributed by atoms with van der Waals surface area (Å²) in [7, 11) is 1.49. The van der Waals surface area contributed by atoms with Crippen molar-refractivity contribution in [2.24, 2.45) is 0 Å². The molecular weight excluding hydrogens is 423 g/mol. The number of halogens is 1.